The number of aliphatic hydroxyl groups excluding tert-OH is 1. The van der Waals surface area contributed by atoms with E-state index in [2.05, 4.69) is 35.8 Å². The SMILES string of the molecule is CC(C)(C)CN(CCCO)Cc1nc(-c2ccc(C(F)(F)F)cc2)no1. The van der Waals surface area contributed by atoms with E-state index >= 15 is 0 Å². The van der Waals surface area contributed by atoms with E-state index in [4.69, 9.17) is 9.63 Å². The molecule has 144 valence electrons. The van der Waals surface area contributed by atoms with Gasteiger partial charge in [-0.1, -0.05) is 38.1 Å². The van der Waals surface area contributed by atoms with Crippen LogP contribution in [0.2, 0.25) is 0 Å². The first-order valence-corrected chi connectivity index (χ1v) is 8.42. The average molecular weight is 371 g/mol. The van der Waals surface area contributed by atoms with Crippen LogP contribution in [0.25, 0.3) is 11.4 Å². The number of rotatable bonds is 7. The Morgan fingerprint density at radius 2 is 1.77 bits per heavy atom. The highest BCUT2D eigenvalue weighted by molar-refractivity contribution is 5.54. The number of benzene rings is 1. The highest BCUT2D eigenvalue weighted by Crippen LogP contribution is 2.30. The van der Waals surface area contributed by atoms with Crippen molar-refractivity contribution in [3.8, 4) is 11.4 Å². The standard InChI is InChI=1S/C18H24F3N3O2/c1-17(2,3)12-24(9-4-10-25)11-15-22-16(23-26-15)13-5-7-14(8-6-13)18(19,20)21/h5-8,25H,4,9-12H2,1-3H3. The molecule has 1 N–H and O–H groups in total. The number of hydrogen-bond acceptors (Lipinski definition) is 5. The molecule has 0 aliphatic rings. The van der Waals surface area contributed by atoms with Crippen LogP contribution in [0.3, 0.4) is 0 Å². The maximum atomic E-state index is 12.6. The van der Waals surface area contributed by atoms with E-state index < -0.39 is 11.7 Å². The van der Waals surface area contributed by atoms with Crippen molar-refractivity contribution in [2.24, 2.45) is 5.41 Å². The maximum Gasteiger partial charge on any atom is 0.416 e. The van der Waals surface area contributed by atoms with Crippen LogP contribution in [0.4, 0.5) is 13.2 Å². The summed E-state index contributed by atoms with van der Waals surface area (Å²) in [5.74, 6) is 0.647. The second-order valence-corrected chi connectivity index (χ2v) is 7.44. The van der Waals surface area contributed by atoms with Gasteiger partial charge in [0.2, 0.25) is 11.7 Å². The first-order chi connectivity index (χ1) is 12.1. The van der Waals surface area contributed by atoms with Gasteiger partial charge in [0, 0.05) is 25.3 Å². The van der Waals surface area contributed by atoms with E-state index in [1.165, 1.54) is 12.1 Å². The molecule has 0 aliphatic heterocycles. The van der Waals surface area contributed by atoms with E-state index in [1.807, 2.05) is 0 Å². The van der Waals surface area contributed by atoms with Gasteiger partial charge in [-0.2, -0.15) is 18.2 Å². The Bertz CT molecular complexity index is 691. The third-order valence-corrected chi connectivity index (χ3v) is 3.63. The largest absolute Gasteiger partial charge is 0.416 e. The minimum atomic E-state index is -4.37. The lowest BCUT2D eigenvalue weighted by Crippen LogP contribution is -2.33. The predicted octanol–water partition coefficient (Wildman–Crippen LogP) is 3.99. The van der Waals surface area contributed by atoms with Crippen molar-refractivity contribution < 1.29 is 22.8 Å². The van der Waals surface area contributed by atoms with Gasteiger partial charge in [0.15, 0.2) is 0 Å². The summed E-state index contributed by atoms with van der Waals surface area (Å²) in [7, 11) is 0. The van der Waals surface area contributed by atoms with Gasteiger partial charge in [0.1, 0.15) is 0 Å². The van der Waals surface area contributed by atoms with Crippen molar-refractivity contribution in [2.45, 2.75) is 39.9 Å². The molecule has 0 saturated heterocycles. The molecular formula is C18H24F3N3O2. The summed E-state index contributed by atoms with van der Waals surface area (Å²) in [5.41, 5.74) is -0.192. The number of nitrogens with zero attached hydrogens (tertiary/aromatic N) is 3. The predicted molar refractivity (Wildman–Crippen MR) is 91.2 cm³/mol. The van der Waals surface area contributed by atoms with E-state index in [1.54, 1.807) is 0 Å². The first kappa shape index (κ1) is 20.4. The molecule has 0 amide bonds. The van der Waals surface area contributed by atoms with Crippen LogP contribution in [-0.2, 0) is 12.7 Å². The average Bonchev–Trinajstić information content (AvgIpc) is 2.99. The van der Waals surface area contributed by atoms with E-state index in [9.17, 15) is 13.2 Å². The smallest absolute Gasteiger partial charge is 0.396 e. The minimum absolute atomic E-state index is 0.0612. The van der Waals surface area contributed by atoms with Crippen LogP contribution in [0.1, 0.15) is 38.6 Å². The zero-order valence-corrected chi connectivity index (χ0v) is 15.2. The molecule has 0 unspecified atom stereocenters. The Hall–Kier alpha value is -1.93. The van der Waals surface area contributed by atoms with Crippen LogP contribution in [0, 0.1) is 5.41 Å². The van der Waals surface area contributed by atoms with Crippen molar-refractivity contribution >= 4 is 0 Å². The molecule has 0 bridgehead atoms. The van der Waals surface area contributed by atoms with E-state index in [0.717, 1.165) is 18.7 Å². The summed E-state index contributed by atoms with van der Waals surface area (Å²) in [6.07, 6.45) is -3.74. The molecule has 0 aliphatic carbocycles. The lowest BCUT2D eigenvalue weighted by Gasteiger charge is -2.28. The van der Waals surface area contributed by atoms with E-state index in [0.29, 0.717) is 31.0 Å². The monoisotopic (exact) mass is 371 g/mol. The van der Waals surface area contributed by atoms with Gasteiger partial charge in [-0.3, -0.25) is 4.90 Å². The molecule has 0 saturated carbocycles. The Labute approximate surface area is 150 Å². The Morgan fingerprint density at radius 1 is 1.12 bits per heavy atom. The molecule has 5 nitrogen and oxygen atoms in total. The summed E-state index contributed by atoms with van der Waals surface area (Å²) < 4.78 is 43.2. The summed E-state index contributed by atoms with van der Waals surface area (Å²) in [5, 5.41) is 12.9. The maximum absolute atomic E-state index is 12.6. The minimum Gasteiger partial charge on any atom is -0.396 e. The molecule has 0 spiro atoms. The number of hydrogen-bond donors (Lipinski definition) is 1. The number of aromatic nitrogens is 2. The Kier molecular flexibility index (Phi) is 6.41. The van der Waals surface area contributed by atoms with Crippen molar-refractivity contribution in [1.82, 2.24) is 15.0 Å². The second kappa shape index (κ2) is 8.18. The zero-order valence-electron chi connectivity index (χ0n) is 15.2. The van der Waals surface area contributed by atoms with Crippen molar-refractivity contribution in [2.75, 3.05) is 19.7 Å². The summed E-state index contributed by atoms with van der Waals surface area (Å²) in [6.45, 7) is 8.32. The zero-order chi connectivity index (χ0) is 19.4. The summed E-state index contributed by atoms with van der Waals surface area (Å²) in [4.78, 5) is 6.40. The number of aliphatic hydroxyl groups is 1. The van der Waals surface area contributed by atoms with Crippen molar-refractivity contribution in [1.29, 1.82) is 0 Å². The highest BCUT2D eigenvalue weighted by atomic mass is 19.4. The molecule has 1 aromatic carbocycles. The third kappa shape index (κ3) is 6.10. The molecule has 1 heterocycles. The van der Waals surface area contributed by atoms with E-state index in [-0.39, 0.29) is 17.8 Å². The fraction of sp³-hybridized carbons (Fsp3) is 0.556. The van der Waals surface area contributed by atoms with Gasteiger partial charge in [-0.05, 0) is 24.0 Å². The normalized spacial score (nSPS) is 12.8. The lowest BCUT2D eigenvalue weighted by molar-refractivity contribution is -0.137. The van der Waals surface area contributed by atoms with Crippen LogP contribution < -0.4 is 0 Å². The molecule has 2 aromatic rings. The number of halogens is 3. The van der Waals surface area contributed by atoms with Crippen molar-refractivity contribution in [3.63, 3.8) is 0 Å². The highest BCUT2D eigenvalue weighted by Gasteiger charge is 2.30. The summed E-state index contributed by atoms with van der Waals surface area (Å²) in [6, 6.07) is 4.66. The Morgan fingerprint density at radius 3 is 2.31 bits per heavy atom. The van der Waals surface area contributed by atoms with Gasteiger partial charge < -0.3 is 9.63 Å². The molecule has 0 atom stereocenters. The first-order valence-electron chi connectivity index (χ1n) is 8.42. The van der Waals surface area contributed by atoms with Gasteiger partial charge >= 0.3 is 6.18 Å². The van der Waals surface area contributed by atoms with Gasteiger partial charge in [0.25, 0.3) is 0 Å². The fourth-order valence-electron chi connectivity index (χ4n) is 2.62. The van der Waals surface area contributed by atoms with Crippen LogP contribution in [0.15, 0.2) is 28.8 Å². The van der Waals surface area contributed by atoms with Crippen LogP contribution in [-0.4, -0.2) is 39.8 Å². The topological polar surface area (TPSA) is 62.4 Å². The van der Waals surface area contributed by atoms with Crippen LogP contribution in [0.5, 0.6) is 0 Å². The molecule has 0 fully saturated rings. The van der Waals surface area contributed by atoms with Gasteiger partial charge in [0.05, 0.1) is 12.1 Å². The number of alkyl halides is 3. The van der Waals surface area contributed by atoms with Crippen LogP contribution >= 0.6 is 0 Å². The van der Waals surface area contributed by atoms with Crippen molar-refractivity contribution in [3.05, 3.63) is 35.7 Å². The summed E-state index contributed by atoms with van der Waals surface area (Å²) >= 11 is 0. The second-order valence-electron chi connectivity index (χ2n) is 7.44. The molecule has 8 heteroatoms. The Balaban J connectivity index is 2.09. The third-order valence-electron chi connectivity index (χ3n) is 3.63. The fourth-order valence-corrected chi connectivity index (χ4v) is 2.62. The molecule has 0 radical (unpaired) electrons. The molecular weight excluding hydrogens is 347 g/mol. The van der Waals surface area contributed by atoms with Gasteiger partial charge in [-0.15, -0.1) is 0 Å². The lowest BCUT2D eigenvalue weighted by atomic mass is 9.96. The molecule has 2 rings (SSSR count). The van der Waals surface area contributed by atoms with Gasteiger partial charge in [-0.25, -0.2) is 0 Å². The molecule has 26 heavy (non-hydrogen) atoms. The quantitative estimate of drug-likeness (QED) is 0.797. The molecule has 1 aromatic heterocycles.